The van der Waals surface area contributed by atoms with E-state index in [4.69, 9.17) is 32.7 Å². The first kappa shape index (κ1) is 26.6. The molecule has 2 fully saturated rings. The summed E-state index contributed by atoms with van der Waals surface area (Å²) in [7, 11) is 0. The number of carbonyl (C=O) groups excluding carboxylic acids is 1. The van der Waals surface area contributed by atoms with Crippen molar-refractivity contribution in [2.24, 2.45) is 5.41 Å². The summed E-state index contributed by atoms with van der Waals surface area (Å²) in [5.41, 5.74) is 0.0870. The van der Waals surface area contributed by atoms with Gasteiger partial charge in [0.1, 0.15) is 11.5 Å². The molecule has 1 spiro atoms. The van der Waals surface area contributed by atoms with E-state index in [1.54, 1.807) is 12.1 Å². The molecule has 0 unspecified atom stereocenters. The number of alkyl halides is 3. The molecule has 38 heavy (non-hydrogen) atoms. The molecule has 0 aliphatic carbocycles. The maximum atomic E-state index is 12.9. The van der Waals surface area contributed by atoms with E-state index < -0.39 is 17.8 Å². The van der Waals surface area contributed by atoms with Crippen molar-refractivity contribution in [3.05, 3.63) is 82.1 Å². The lowest BCUT2D eigenvalue weighted by atomic mass is 9.72. The molecule has 0 bridgehead atoms. The normalized spacial score (nSPS) is 17.2. The van der Waals surface area contributed by atoms with Gasteiger partial charge in [0, 0.05) is 43.9 Å². The molecule has 6 nitrogen and oxygen atoms in total. The van der Waals surface area contributed by atoms with E-state index in [2.05, 4.69) is 9.88 Å². The molecular weight excluding hydrogens is 542 g/mol. The number of hydrogen-bond donors (Lipinski definition) is 0. The summed E-state index contributed by atoms with van der Waals surface area (Å²) >= 11 is 12.7. The van der Waals surface area contributed by atoms with Crippen LogP contribution in [0.3, 0.4) is 0 Å². The Hall–Kier alpha value is -3.01. The number of aromatic nitrogens is 1. The largest absolute Gasteiger partial charge is 0.456 e. The third-order valence-electron chi connectivity index (χ3n) is 6.91. The summed E-state index contributed by atoms with van der Waals surface area (Å²) in [6.45, 7) is 3.35. The Bertz CT molecular complexity index is 1320. The van der Waals surface area contributed by atoms with Crippen molar-refractivity contribution in [2.75, 3.05) is 26.2 Å². The number of carbonyl (C=O) groups is 1. The van der Waals surface area contributed by atoms with Crippen molar-refractivity contribution in [1.29, 1.82) is 0 Å². The summed E-state index contributed by atoms with van der Waals surface area (Å²) in [6, 6.07) is 13.6. The average Bonchev–Trinajstić information content (AvgIpc) is 2.85. The Morgan fingerprint density at radius 3 is 2.45 bits per heavy atom. The van der Waals surface area contributed by atoms with Crippen molar-refractivity contribution in [3.63, 3.8) is 0 Å². The fourth-order valence-corrected chi connectivity index (χ4v) is 5.35. The minimum absolute atomic E-state index is 0.0932. The monoisotopic (exact) mass is 565 g/mol. The molecule has 1 amide bonds. The van der Waals surface area contributed by atoms with Gasteiger partial charge in [-0.2, -0.15) is 13.2 Å². The van der Waals surface area contributed by atoms with E-state index in [1.807, 2.05) is 30.3 Å². The van der Waals surface area contributed by atoms with Gasteiger partial charge < -0.3 is 14.4 Å². The first-order valence-electron chi connectivity index (χ1n) is 12.0. The van der Waals surface area contributed by atoms with Crippen LogP contribution in [0.2, 0.25) is 10.0 Å². The molecule has 0 N–H and O–H groups in total. The van der Waals surface area contributed by atoms with E-state index in [0.717, 1.165) is 43.8 Å². The van der Waals surface area contributed by atoms with Gasteiger partial charge in [-0.25, -0.2) is 4.79 Å². The van der Waals surface area contributed by atoms with Gasteiger partial charge in [-0.3, -0.25) is 9.88 Å². The number of benzene rings is 2. The van der Waals surface area contributed by atoms with Crippen molar-refractivity contribution >= 4 is 29.3 Å². The van der Waals surface area contributed by atoms with Crippen LogP contribution in [0, 0.1) is 5.41 Å². The lowest BCUT2D eigenvalue weighted by Gasteiger charge is -2.54. The molecule has 5 rings (SSSR count). The molecule has 2 aliphatic rings. The third kappa shape index (κ3) is 6.00. The van der Waals surface area contributed by atoms with E-state index in [0.29, 0.717) is 47.4 Å². The highest BCUT2D eigenvalue weighted by Gasteiger charge is 2.45. The highest BCUT2D eigenvalue weighted by Crippen LogP contribution is 2.42. The fourth-order valence-electron chi connectivity index (χ4n) is 4.94. The van der Waals surface area contributed by atoms with Gasteiger partial charge in [-0.05, 0) is 54.2 Å². The van der Waals surface area contributed by atoms with Gasteiger partial charge >= 0.3 is 12.3 Å². The van der Waals surface area contributed by atoms with Crippen molar-refractivity contribution in [1.82, 2.24) is 14.8 Å². The molecule has 1 aromatic heterocycles. The van der Waals surface area contributed by atoms with Crippen LogP contribution < -0.4 is 9.47 Å². The summed E-state index contributed by atoms with van der Waals surface area (Å²) in [5.74, 6) is 0.942. The predicted octanol–water partition coefficient (Wildman–Crippen LogP) is 7.30. The Labute approximate surface area is 227 Å². The number of hydrogen-bond acceptors (Lipinski definition) is 5. The number of amides is 1. The molecule has 0 atom stereocenters. The molecule has 2 aromatic carbocycles. The van der Waals surface area contributed by atoms with Crippen LogP contribution in [0.15, 0.2) is 60.9 Å². The second-order valence-corrected chi connectivity index (χ2v) is 10.5. The molecule has 11 heteroatoms. The highest BCUT2D eigenvalue weighted by molar-refractivity contribution is 6.33. The second-order valence-electron chi connectivity index (χ2n) is 9.70. The average molecular weight is 566 g/mol. The lowest BCUT2D eigenvalue weighted by Crippen LogP contribution is -2.60. The first-order chi connectivity index (χ1) is 18.1. The van der Waals surface area contributed by atoms with E-state index >= 15 is 0 Å². The molecule has 2 saturated heterocycles. The number of halogens is 5. The Kier molecular flexibility index (Phi) is 7.44. The third-order valence-corrected chi connectivity index (χ3v) is 7.57. The molecule has 3 aromatic rings. The van der Waals surface area contributed by atoms with Crippen LogP contribution >= 0.6 is 23.2 Å². The number of ether oxygens (including phenoxy) is 2. The van der Waals surface area contributed by atoms with Gasteiger partial charge in [0.25, 0.3) is 0 Å². The molecule has 0 radical (unpaired) electrons. The maximum absolute atomic E-state index is 12.9. The lowest BCUT2D eigenvalue weighted by molar-refractivity contribution is -0.137. The Balaban J connectivity index is 1.12. The number of pyridine rings is 1. The number of likely N-dealkylation sites (tertiary alicyclic amines) is 2. The van der Waals surface area contributed by atoms with Crippen molar-refractivity contribution in [2.45, 2.75) is 25.6 Å². The molecule has 0 saturated carbocycles. The summed E-state index contributed by atoms with van der Waals surface area (Å²) in [4.78, 5) is 19.9. The Morgan fingerprint density at radius 1 is 1.00 bits per heavy atom. The number of piperidine rings is 1. The van der Waals surface area contributed by atoms with Gasteiger partial charge in [0.15, 0.2) is 5.75 Å². The summed E-state index contributed by atoms with van der Waals surface area (Å²) < 4.78 is 49.8. The van der Waals surface area contributed by atoms with Crippen LogP contribution in [0.1, 0.15) is 24.0 Å². The van der Waals surface area contributed by atoms with Gasteiger partial charge in [-0.15, -0.1) is 0 Å². The van der Waals surface area contributed by atoms with E-state index in [9.17, 15) is 18.0 Å². The highest BCUT2D eigenvalue weighted by atomic mass is 35.5. The van der Waals surface area contributed by atoms with Crippen LogP contribution in [-0.4, -0.2) is 47.1 Å². The zero-order valence-electron chi connectivity index (χ0n) is 20.2. The first-order valence-corrected chi connectivity index (χ1v) is 12.8. The topological polar surface area (TPSA) is 54.9 Å². The quantitative estimate of drug-likeness (QED) is 0.325. The van der Waals surface area contributed by atoms with Crippen LogP contribution in [0.5, 0.6) is 17.2 Å². The summed E-state index contributed by atoms with van der Waals surface area (Å²) in [6.07, 6.45) is -1.86. The van der Waals surface area contributed by atoms with Crippen molar-refractivity contribution < 1.29 is 27.4 Å². The SMILES string of the molecule is O=C(Oc1cncc(C(F)(F)F)c1)N1CCC2(CC1)CN(Cc1cccc(Oc3cccc(Cl)c3)c1Cl)C2. The van der Waals surface area contributed by atoms with Gasteiger partial charge in [0.05, 0.1) is 16.8 Å². The maximum Gasteiger partial charge on any atom is 0.418 e. The minimum atomic E-state index is -4.56. The van der Waals surface area contributed by atoms with Crippen LogP contribution in [0.25, 0.3) is 0 Å². The number of nitrogens with zero attached hydrogens (tertiary/aromatic N) is 3. The number of rotatable bonds is 5. The molecular formula is C27H24Cl2F3N3O3. The zero-order chi connectivity index (χ0) is 26.9. The zero-order valence-corrected chi connectivity index (χ0v) is 21.7. The molecule has 2 aliphatic heterocycles. The van der Waals surface area contributed by atoms with Gasteiger partial charge in [-0.1, -0.05) is 41.4 Å². The molecule has 200 valence electrons. The molecule has 3 heterocycles. The Morgan fingerprint density at radius 2 is 1.74 bits per heavy atom. The van der Waals surface area contributed by atoms with E-state index in [-0.39, 0.29) is 11.2 Å². The second kappa shape index (κ2) is 10.6. The van der Waals surface area contributed by atoms with Crippen LogP contribution in [0.4, 0.5) is 18.0 Å². The minimum Gasteiger partial charge on any atom is -0.456 e. The predicted molar refractivity (Wildman–Crippen MR) is 137 cm³/mol. The van der Waals surface area contributed by atoms with Crippen molar-refractivity contribution in [3.8, 4) is 17.2 Å². The van der Waals surface area contributed by atoms with Crippen LogP contribution in [-0.2, 0) is 12.7 Å². The smallest absolute Gasteiger partial charge is 0.418 e. The van der Waals surface area contributed by atoms with E-state index in [1.165, 1.54) is 4.90 Å². The fraction of sp³-hybridized carbons (Fsp3) is 0.333. The summed E-state index contributed by atoms with van der Waals surface area (Å²) in [5, 5.41) is 1.13. The standard InChI is InChI=1S/C27H24Cl2F3N3O3/c28-20-4-2-5-21(12-20)37-23-6-1-3-18(24(23)29)15-34-16-26(17-34)7-9-35(10-8-26)25(36)38-22-11-19(13-33-14-22)27(30,31)32/h1-6,11-14H,7-10,15-17H2. The van der Waals surface area contributed by atoms with Gasteiger partial charge in [0.2, 0.25) is 0 Å².